The zero-order valence-corrected chi connectivity index (χ0v) is 19.5. The van der Waals surface area contributed by atoms with Gasteiger partial charge in [0, 0.05) is 22.3 Å². The molecule has 1 aromatic heterocycles. The van der Waals surface area contributed by atoms with E-state index in [0.29, 0.717) is 29.6 Å². The van der Waals surface area contributed by atoms with Crippen LogP contribution in [0.25, 0.3) is 0 Å². The highest BCUT2D eigenvalue weighted by Gasteiger charge is 2.12. The van der Waals surface area contributed by atoms with Crippen LogP contribution in [0.1, 0.15) is 27.2 Å². The van der Waals surface area contributed by atoms with Gasteiger partial charge in [0.2, 0.25) is 0 Å². The summed E-state index contributed by atoms with van der Waals surface area (Å²) in [5, 5.41) is 7.57. The molecule has 0 saturated carbocycles. The van der Waals surface area contributed by atoms with Gasteiger partial charge in [0.05, 0.1) is 13.7 Å². The van der Waals surface area contributed by atoms with E-state index in [1.807, 2.05) is 43.3 Å². The number of amides is 1. The van der Waals surface area contributed by atoms with Crippen molar-refractivity contribution in [3.63, 3.8) is 0 Å². The fraction of sp³-hybridized carbons (Fsp3) is 0.154. The van der Waals surface area contributed by atoms with Crippen molar-refractivity contribution in [3.05, 3.63) is 106 Å². The third-order valence-electron chi connectivity index (χ3n) is 5.24. The molecular formula is C26H23ClFN3O3. The summed E-state index contributed by atoms with van der Waals surface area (Å²) < 4.78 is 25.9. The van der Waals surface area contributed by atoms with Gasteiger partial charge in [-0.05, 0) is 66.6 Å². The molecule has 4 rings (SSSR count). The average molecular weight is 480 g/mol. The number of aryl methyl sites for hydroxylation is 1. The van der Waals surface area contributed by atoms with Gasteiger partial charge in [0.1, 0.15) is 23.9 Å². The second-order valence-electron chi connectivity index (χ2n) is 7.68. The third kappa shape index (κ3) is 5.74. The van der Waals surface area contributed by atoms with Crippen molar-refractivity contribution in [3.8, 4) is 11.5 Å². The molecule has 8 heteroatoms. The number of nitrogens with zero attached hydrogens (tertiary/aromatic N) is 2. The summed E-state index contributed by atoms with van der Waals surface area (Å²) in [4.78, 5) is 12.7. The van der Waals surface area contributed by atoms with Gasteiger partial charge >= 0.3 is 0 Å². The minimum Gasteiger partial charge on any atom is -0.497 e. The second kappa shape index (κ2) is 10.4. The molecular weight excluding hydrogens is 457 g/mol. The molecule has 0 aliphatic carbocycles. The van der Waals surface area contributed by atoms with E-state index in [1.54, 1.807) is 36.1 Å². The predicted molar refractivity (Wildman–Crippen MR) is 129 cm³/mol. The zero-order valence-electron chi connectivity index (χ0n) is 18.7. The van der Waals surface area contributed by atoms with Crippen LogP contribution in [0.15, 0.2) is 72.8 Å². The van der Waals surface area contributed by atoms with Gasteiger partial charge < -0.3 is 14.8 Å². The molecule has 1 N–H and O–H groups in total. The van der Waals surface area contributed by atoms with E-state index in [4.69, 9.17) is 21.1 Å². The third-order valence-corrected chi connectivity index (χ3v) is 5.59. The molecule has 0 fully saturated rings. The van der Waals surface area contributed by atoms with Crippen molar-refractivity contribution < 1.29 is 18.7 Å². The number of methoxy groups -OCH3 is 1. The minimum absolute atomic E-state index is 0.271. The first kappa shape index (κ1) is 23.3. The number of hydrogen-bond acceptors (Lipinski definition) is 4. The topological polar surface area (TPSA) is 65.4 Å². The van der Waals surface area contributed by atoms with Crippen LogP contribution in [-0.4, -0.2) is 22.8 Å². The number of halogens is 2. The Morgan fingerprint density at radius 3 is 2.41 bits per heavy atom. The number of carbonyl (C=O) groups excluding carboxylic acids is 1. The molecule has 4 aromatic rings. The van der Waals surface area contributed by atoms with Gasteiger partial charge in [-0.1, -0.05) is 29.8 Å². The Morgan fingerprint density at radius 1 is 1.03 bits per heavy atom. The number of carbonyl (C=O) groups is 1. The first-order valence-electron chi connectivity index (χ1n) is 10.6. The lowest BCUT2D eigenvalue weighted by molar-refractivity contribution is 0.102. The number of ether oxygens (including phenoxy) is 2. The maximum Gasteiger partial charge on any atom is 0.256 e. The van der Waals surface area contributed by atoms with E-state index in [2.05, 4.69) is 10.4 Å². The van der Waals surface area contributed by atoms with Gasteiger partial charge in [0.25, 0.3) is 5.91 Å². The molecule has 0 bridgehead atoms. The number of benzene rings is 3. The SMILES string of the molecule is COc1ccc(OCc2ccc(C(=O)Nc3cc(C)n(Cc4ccc(F)cc4Cl)n3)cc2)cc1. The summed E-state index contributed by atoms with van der Waals surface area (Å²) in [5.74, 6) is 1.26. The molecule has 0 unspecified atom stereocenters. The maximum absolute atomic E-state index is 13.3. The van der Waals surface area contributed by atoms with E-state index >= 15 is 0 Å². The standard InChI is InChI=1S/C26H23ClFN3O3/c1-17-13-25(30-31(17)15-20-7-8-21(28)14-24(20)27)29-26(32)19-5-3-18(4-6-19)16-34-23-11-9-22(33-2)10-12-23/h3-14H,15-16H2,1-2H3,(H,29,30,32). The number of anilines is 1. The highest BCUT2D eigenvalue weighted by molar-refractivity contribution is 6.31. The van der Waals surface area contributed by atoms with Gasteiger partial charge in [0.15, 0.2) is 5.82 Å². The fourth-order valence-corrected chi connectivity index (χ4v) is 3.55. The Balaban J connectivity index is 1.35. The predicted octanol–water partition coefficient (Wildman–Crippen LogP) is 5.87. The van der Waals surface area contributed by atoms with E-state index in [1.165, 1.54) is 12.1 Å². The molecule has 6 nitrogen and oxygen atoms in total. The van der Waals surface area contributed by atoms with Crippen LogP contribution in [-0.2, 0) is 13.2 Å². The van der Waals surface area contributed by atoms with Crippen LogP contribution in [0, 0.1) is 12.7 Å². The van der Waals surface area contributed by atoms with Crippen molar-refractivity contribution in [1.29, 1.82) is 0 Å². The van der Waals surface area contributed by atoms with Gasteiger partial charge in [-0.3, -0.25) is 9.48 Å². The molecule has 1 heterocycles. The van der Waals surface area contributed by atoms with Crippen molar-refractivity contribution in [1.82, 2.24) is 9.78 Å². The number of nitrogens with one attached hydrogen (secondary N) is 1. The first-order chi connectivity index (χ1) is 16.4. The summed E-state index contributed by atoms with van der Waals surface area (Å²) in [6.45, 7) is 2.62. The van der Waals surface area contributed by atoms with Crippen LogP contribution < -0.4 is 14.8 Å². The van der Waals surface area contributed by atoms with E-state index < -0.39 is 5.82 Å². The Morgan fingerprint density at radius 2 is 1.74 bits per heavy atom. The molecule has 0 atom stereocenters. The lowest BCUT2D eigenvalue weighted by Crippen LogP contribution is -2.13. The first-order valence-corrected chi connectivity index (χ1v) is 10.9. The molecule has 0 aliphatic heterocycles. The summed E-state index contributed by atoms with van der Waals surface area (Å²) >= 11 is 6.12. The molecule has 0 radical (unpaired) electrons. The average Bonchev–Trinajstić information content (AvgIpc) is 3.18. The Kier molecular flexibility index (Phi) is 7.13. The molecule has 0 spiro atoms. The highest BCUT2D eigenvalue weighted by atomic mass is 35.5. The fourth-order valence-electron chi connectivity index (χ4n) is 3.32. The van der Waals surface area contributed by atoms with Gasteiger partial charge in [-0.15, -0.1) is 0 Å². The van der Waals surface area contributed by atoms with Gasteiger partial charge in [-0.2, -0.15) is 5.10 Å². The molecule has 34 heavy (non-hydrogen) atoms. The quantitative estimate of drug-likeness (QED) is 0.343. The van der Waals surface area contributed by atoms with Crippen molar-refractivity contribution in [2.45, 2.75) is 20.1 Å². The van der Waals surface area contributed by atoms with E-state index in [0.717, 1.165) is 28.3 Å². The number of hydrogen-bond donors (Lipinski definition) is 1. The second-order valence-corrected chi connectivity index (χ2v) is 8.09. The number of aromatic nitrogens is 2. The van der Waals surface area contributed by atoms with Crippen molar-refractivity contribution in [2.75, 3.05) is 12.4 Å². The Bertz CT molecular complexity index is 1290. The monoisotopic (exact) mass is 479 g/mol. The molecule has 0 aliphatic rings. The van der Waals surface area contributed by atoms with Gasteiger partial charge in [-0.25, -0.2) is 4.39 Å². The zero-order chi connectivity index (χ0) is 24.1. The lowest BCUT2D eigenvalue weighted by atomic mass is 10.1. The summed E-state index contributed by atoms with van der Waals surface area (Å²) in [6, 6.07) is 20.5. The van der Waals surface area contributed by atoms with Crippen LogP contribution in [0.5, 0.6) is 11.5 Å². The molecule has 3 aromatic carbocycles. The number of rotatable bonds is 8. The molecule has 174 valence electrons. The van der Waals surface area contributed by atoms with Crippen LogP contribution in [0.3, 0.4) is 0 Å². The normalized spacial score (nSPS) is 10.7. The Labute approximate surface area is 201 Å². The summed E-state index contributed by atoms with van der Waals surface area (Å²) in [6.07, 6.45) is 0. The smallest absolute Gasteiger partial charge is 0.256 e. The van der Waals surface area contributed by atoms with Crippen LogP contribution >= 0.6 is 11.6 Å². The summed E-state index contributed by atoms with van der Waals surface area (Å²) in [5.41, 5.74) is 3.01. The lowest BCUT2D eigenvalue weighted by Gasteiger charge is -2.08. The summed E-state index contributed by atoms with van der Waals surface area (Å²) in [7, 11) is 1.62. The highest BCUT2D eigenvalue weighted by Crippen LogP contribution is 2.21. The molecule has 1 amide bonds. The van der Waals surface area contributed by atoms with Crippen LogP contribution in [0.4, 0.5) is 10.2 Å². The largest absolute Gasteiger partial charge is 0.497 e. The van der Waals surface area contributed by atoms with Crippen molar-refractivity contribution >= 4 is 23.3 Å². The van der Waals surface area contributed by atoms with Crippen molar-refractivity contribution in [2.24, 2.45) is 0 Å². The Hall–Kier alpha value is -3.84. The maximum atomic E-state index is 13.3. The van der Waals surface area contributed by atoms with Crippen LogP contribution in [0.2, 0.25) is 5.02 Å². The van der Waals surface area contributed by atoms with E-state index in [-0.39, 0.29) is 5.91 Å². The molecule has 0 saturated heterocycles. The minimum atomic E-state index is -0.391. The van der Waals surface area contributed by atoms with E-state index in [9.17, 15) is 9.18 Å².